The maximum atomic E-state index is 6.42. The average Bonchev–Trinajstić information content (AvgIpc) is 3.27. The first kappa shape index (κ1) is 18.0. The Labute approximate surface area is 168 Å². The number of nitrogens with zero attached hydrogens (tertiary/aromatic N) is 2. The molecule has 7 nitrogen and oxygen atoms in total. The molecule has 1 N–H and O–H groups in total. The smallest absolute Gasteiger partial charge is 0.231 e. The Bertz CT molecular complexity index is 822. The lowest BCUT2D eigenvalue weighted by molar-refractivity contribution is -0.00461. The maximum absolute atomic E-state index is 6.42. The third-order valence-corrected chi connectivity index (χ3v) is 5.62. The normalized spacial score (nSPS) is 24.8. The Hall–Kier alpha value is -2.06. The standard InChI is InChI=1S/C20H22ClN3O4/c21-15-6-17-16(27-12-28-17)5-13(15)7-24-8-18-19(9-24)26-11-14(10-25-18)23-20-3-1-2-4-22-20/h1-6,14,18-19H,7-12H2,(H,22,23)/t18-,19-/m0/s1. The summed E-state index contributed by atoms with van der Waals surface area (Å²) in [6, 6.07) is 9.69. The van der Waals surface area contributed by atoms with Gasteiger partial charge in [0.25, 0.3) is 0 Å². The Balaban J connectivity index is 1.18. The third-order valence-electron chi connectivity index (χ3n) is 5.27. The van der Waals surface area contributed by atoms with Crippen LogP contribution in [0, 0.1) is 0 Å². The van der Waals surface area contributed by atoms with Crippen molar-refractivity contribution in [2.75, 3.05) is 38.4 Å². The largest absolute Gasteiger partial charge is 0.454 e. The Morgan fingerprint density at radius 2 is 1.82 bits per heavy atom. The van der Waals surface area contributed by atoms with Crippen LogP contribution in [-0.2, 0) is 16.0 Å². The molecular weight excluding hydrogens is 382 g/mol. The number of hydrogen-bond donors (Lipinski definition) is 1. The van der Waals surface area contributed by atoms with E-state index in [1.165, 1.54) is 0 Å². The fourth-order valence-electron chi connectivity index (χ4n) is 3.86. The first-order chi connectivity index (χ1) is 13.7. The van der Waals surface area contributed by atoms with Crippen molar-refractivity contribution in [2.45, 2.75) is 24.8 Å². The fraction of sp³-hybridized carbons (Fsp3) is 0.450. The van der Waals surface area contributed by atoms with Crippen molar-refractivity contribution >= 4 is 17.4 Å². The second kappa shape index (κ2) is 7.75. The number of benzene rings is 1. The number of fused-ring (bicyclic) bond motifs is 2. The molecule has 1 aromatic carbocycles. The highest BCUT2D eigenvalue weighted by Gasteiger charge is 2.37. The van der Waals surface area contributed by atoms with E-state index >= 15 is 0 Å². The summed E-state index contributed by atoms with van der Waals surface area (Å²) in [7, 11) is 0. The lowest BCUT2D eigenvalue weighted by atomic mass is 10.2. The Kier molecular flexibility index (Phi) is 4.98. The highest BCUT2D eigenvalue weighted by atomic mass is 35.5. The van der Waals surface area contributed by atoms with Gasteiger partial charge in [0.2, 0.25) is 6.79 Å². The van der Waals surface area contributed by atoms with Crippen LogP contribution < -0.4 is 14.8 Å². The molecule has 0 unspecified atom stereocenters. The van der Waals surface area contributed by atoms with Crippen molar-refractivity contribution in [2.24, 2.45) is 0 Å². The molecule has 3 aliphatic heterocycles. The average molecular weight is 404 g/mol. The van der Waals surface area contributed by atoms with E-state index in [2.05, 4.69) is 15.2 Å². The van der Waals surface area contributed by atoms with E-state index in [0.29, 0.717) is 24.0 Å². The lowest BCUT2D eigenvalue weighted by Crippen LogP contribution is -2.31. The summed E-state index contributed by atoms with van der Waals surface area (Å²) in [6.45, 7) is 3.79. The van der Waals surface area contributed by atoms with Crippen molar-refractivity contribution < 1.29 is 18.9 Å². The number of halogens is 1. The number of rotatable bonds is 4. The Morgan fingerprint density at radius 3 is 2.54 bits per heavy atom. The predicted molar refractivity (Wildman–Crippen MR) is 104 cm³/mol. The quantitative estimate of drug-likeness (QED) is 0.841. The zero-order chi connectivity index (χ0) is 18.9. The second-order valence-corrected chi connectivity index (χ2v) is 7.70. The molecule has 0 aliphatic carbocycles. The fourth-order valence-corrected chi connectivity index (χ4v) is 4.07. The Morgan fingerprint density at radius 1 is 1.07 bits per heavy atom. The molecule has 4 heterocycles. The SMILES string of the molecule is Clc1cc2c(cc1CN1C[C@@H]3OCC(Nc4ccccn4)CO[C@H]3C1)OCO2. The van der Waals surface area contributed by atoms with Gasteiger partial charge in [-0.15, -0.1) is 0 Å². The molecule has 0 amide bonds. The van der Waals surface area contributed by atoms with Crippen LogP contribution in [0.5, 0.6) is 11.5 Å². The molecule has 2 aromatic rings. The van der Waals surface area contributed by atoms with Gasteiger partial charge in [-0.1, -0.05) is 17.7 Å². The number of pyridine rings is 1. The van der Waals surface area contributed by atoms with E-state index in [9.17, 15) is 0 Å². The molecule has 0 spiro atoms. The van der Waals surface area contributed by atoms with Crippen molar-refractivity contribution in [3.63, 3.8) is 0 Å². The molecule has 1 aromatic heterocycles. The van der Waals surface area contributed by atoms with Crippen molar-refractivity contribution in [3.8, 4) is 11.5 Å². The molecule has 0 saturated carbocycles. The van der Waals surface area contributed by atoms with E-state index in [1.54, 1.807) is 6.20 Å². The monoisotopic (exact) mass is 403 g/mol. The number of hydrogen-bond acceptors (Lipinski definition) is 7. The van der Waals surface area contributed by atoms with Crippen molar-refractivity contribution in [3.05, 3.63) is 47.1 Å². The summed E-state index contributed by atoms with van der Waals surface area (Å²) in [4.78, 5) is 6.62. The molecule has 2 saturated heterocycles. The summed E-state index contributed by atoms with van der Waals surface area (Å²) in [6.07, 6.45) is 1.89. The molecule has 2 fully saturated rings. The zero-order valence-electron chi connectivity index (χ0n) is 15.3. The number of likely N-dealkylation sites (tertiary alicyclic amines) is 1. The van der Waals surface area contributed by atoms with Crippen LogP contribution in [0.3, 0.4) is 0 Å². The van der Waals surface area contributed by atoms with E-state index in [1.807, 2.05) is 30.3 Å². The summed E-state index contributed by atoms with van der Waals surface area (Å²) in [5.41, 5.74) is 1.03. The van der Waals surface area contributed by atoms with Crippen molar-refractivity contribution in [1.82, 2.24) is 9.88 Å². The second-order valence-electron chi connectivity index (χ2n) is 7.29. The summed E-state index contributed by atoms with van der Waals surface area (Å²) >= 11 is 6.42. The predicted octanol–water partition coefficient (Wildman–Crippen LogP) is 2.54. The molecule has 2 atom stereocenters. The van der Waals surface area contributed by atoms with Gasteiger partial charge in [0.15, 0.2) is 11.5 Å². The van der Waals surface area contributed by atoms with Gasteiger partial charge in [-0.2, -0.15) is 0 Å². The summed E-state index contributed by atoms with van der Waals surface area (Å²) < 4.78 is 23.1. The lowest BCUT2D eigenvalue weighted by Gasteiger charge is -2.20. The number of aromatic nitrogens is 1. The third kappa shape index (κ3) is 3.75. The van der Waals surface area contributed by atoms with Crippen LogP contribution in [-0.4, -0.2) is 61.2 Å². The van der Waals surface area contributed by atoms with Crippen molar-refractivity contribution in [1.29, 1.82) is 0 Å². The highest BCUT2D eigenvalue weighted by Crippen LogP contribution is 2.37. The van der Waals surface area contributed by atoms with Crippen LogP contribution in [0.1, 0.15) is 5.56 Å². The zero-order valence-corrected chi connectivity index (χ0v) is 16.1. The first-order valence-corrected chi connectivity index (χ1v) is 9.83. The van der Waals surface area contributed by atoms with Gasteiger partial charge < -0.3 is 24.3 Å². The summed E-state index contributed by atoms with van der Waals surface area (Å²) in [5.74, 6) is 2.30. The van der Waals surface area contributed by atoms with E-state index in [-0.39, 0.29) is 25.0 Å². The minimum Gasteiger partial charge on any atom is -0.454 e. The van der Waals surface area contributed by atoms with Gasteiger partial charge in [0.05, 0.1) is 31.5 Å². The molecule has 28 heavy (non-hydrogen) atoms. The van der Waals surface area contributed by atoms with Gasteiger partial charge in [-0.05, 0) is 23.8 Å². The van der Waals surface area contributed by atoms with E-state index < -0.39 is 0 Å². The number of anilines is 1. The minimum absolute atomic E-state index is 0.0586. The molecule has 148 valence electrons. The first-order valence-electron chi connectivity index (χ1n) is 9.46. The van der Waals surface area contributed by atoms with E-state index in [0.717, 1.165) is 36.8 Å². The maximum Gasteiger partial charge on any atom is 0.231 e. The van der Waals surface area contributed by atoms with Gasteiger partial charge in [0, 0.05) is 36.9 Å². The topological polar surface area (TPSA) is 65.1 Å². The number of ether oxygens (including phenoxy) is 4. The molecule has 3 aliphatic rings. The minimum atomic E-state index is 0.0586. The van der Waals surface area contributed by atoms with Crippen LogP contribution in [0.15, 0.2) is 36.5 Å². The van der Waals surface area contributed by atoms with Crippen LogP contribution in [0.2, 0.25) is 5.02 Å². The van der Waals surface area contributed by atoms with Gasteiger partial charge in [-0.3, -0.25) is 4.90 Å². The molecular formula is C20H22ClN3O4. The van der Waals surface area contributed by atoms with Gasteiger partial charge in [0.1, 0.15) is 5.82 Å². The highest BCUT2D eigenvalue weighted by molar-refractivity contribution is 6.31. The van der Waals surface area contributed by atoms with E-state index in [4.69, 9.17) is 30.5 Å². The molecule has 8 heteroatoms. The molecule has 0 bridgehead atoms. The van der Waals surface area contributed by atoms with Gasteiger partial charge in [-0.25, -0.2) is 4.98 Å². The van der Waals surface area contributed by atoms with Crippen LogP contribution >= 0.6 is 11.6 Å². The van der Waals surface area contributed by atoms with Crippen LogP contribution in [0.4, 0.5) is 5.82 Å². The number of nitrogens with one attached hydrogen (secondary N) is 1. The summed E-state index contributed by atoms with van der Waals surface area (Å²) in [5, 5.41) is 4.07. The molecule has 5 rings (SSSR count). The van der Waals surface area contributed by atoms with Crippen LogP contribution in [0.25, 0.3) is 0 Å². The van der Waals surface area contributed by atoms with Gasteiger partial charge >= 0.3 is 0 Å². The molecule has 0 radical (unpaired) electrons.